The first-order valence-corrected chi connectivity index (χ1v) is 11.7. The highest BCUT2D eigenvalue weighted by molar-refractivity contribution is 5.82. The van der Waals surface area contributed by atoms with E-state index in [1.807, 2.05) is 60.9 Å². The highest BCUT2D eigenvalue weighted by Gasteiger charge is 2.24. The maximum absolute atomic E-state index is 9.36. The summed E-state index contributed by atoms with van der Waals surface area (Å²) in [6, 6.07) is 17.6. The van der Waals surface area contributed by atoms with Crippen LogP contribution in [0.25, 0.3) is 22.7 Å². The topological polar surface area (TPSA) is 119 Å². The van der Waals surface area contributed by atoms with Crippen LogP contribution in [0.2, 0.25) is 0 Å². The number of pyridine rings is 1. The number of benzene rings is 1. The fourth-order valence-corrected chi connectivity index (χ4v) is 4.46. The molecule has 178 valence electrons. The van der Waals surface area contributed by atoms with Crippen molar-refractivity contribution in [3.05, 3.63) is 77.5 Å². The lowest BCUT2D eigenvalue weighted by atomic mass is 10.1. The molecule has 1 aliphatic rings. The molecule has 10 nitrogen and oxygen atoms in total. The molecule has 6 rings (SSSR count). The van der Waals surface area contributed by atoms with E-state index in [4.69, 9.17) is 9.72 Å². The smallest absolute Gasteiger partial charge is 0.163 e. The molecule has 0 aliphatic carbocycles. The number of imidazole rings is 1. The first kappa shape index (κ1) is 21.9. The van der Waals surface area contributed by atoms with E-state index in [0.29, 0.717) is 23.1 Å². The molecular weight excluding hydrogens is 454 g/mol. The number of rotatable bonds is 5. The first-order valence-electron chi connectivity index (χ1n) is 11.7. The van der Waals surface area contributed by atoms with Gasteiger partial charge in [-0.05, 0) is 75.2 Å². The minimum atomic E-state index is -0.0475. The fourth-order valence-electron chi connectivity index (χ4n) is 4.46. The SMILES string of the molecule is Cc1ccc(Nc2ccc3c(c2)ncn3-c2ccc(C3CCCO3)c(-n3nc(C#N)cc3C)n2)nn1. The van der Waals surface area contributed by atoms with E-state index >= 15 is 0 Å². The Kier molecular flexibility index (Phi) is 5.39. The van der Waals surface area contributed by atoms with Gasteiger partial charge in [-0.3, -0.25) is 4.57 Å². The second-order valence-electron chi connectivity index (χ2n) is 8.78. The number of nitrogens with one attached hydrogen (secondary N) is 1. The van der Waals surface area contributed by atoms with Gasteiger partial charge in [0.15, 0.2) is 17.3 Å². The molecule has 5 heterocycles. The van der Waals surface area contributed by atoms with Gasteiger partial charge >= 0.3 is 0 Å². The van der Waals surface area contributed by atoms with Crippen molar-refractivity contribution in [3.8, 4) is 17.7 Å². The zero-order chi connectivity index (χ0) is 24.6. The van der Waals surface area contributed by atoms with Gasteiger partial charge in [0.05, 0.1) is 22.8 Å². The molecule has 36 heavy (non-hydrogen) atoms. The summed E-state index contributed by atoms with van der Waals surface area (Å²) in [6.45, 7) is 4.55. The van der Waals surface area contributed by atoms with E-state index in [2.05, 4.69) is 31.7 Å². The number of aromatic nitrogens is 7. The minimum absolute atomic E-state index is 0.0475. The molecule has 4 aromatic heterocycles. The Bertz CT molecular complexity index is 1610. The minimum Gasteiger partial charge on any atom is -0.373 e. The lowest BCUT2D eigenvalue weighted by molar-refractivity contribution is 0.111. The van der Waals surface area contributed by atoms with Crippen molar-refractivity contribution in [3.63, 3.8) is 0 Å². The summed E-state index contributed by atoms with van der Waals surface area (Å²) >= 11 is 0. The van der Waals surface area contributed by atoms with Gasteiger partial charge < -0.3 is 10.1 Å². The van der Waals surface area contributed by atoms with E-state index in [1.54, 1.807) is 17.1 Å². The van der Waals surface area contributed by atoms with Crippen LogP contribution in [0, 0.1) is 25.2 Å². The molecule has 0 amide bonds. The number of fused-ring (bicyclic) bond motifs is 1. The molecule has 5 aromatic rings. The summed E-state index contributed by atoms with van der Waals surface area (Å²) in [4.78, 5) is 9.59. The molecule has 1 aromatic carbocycles. The van der Waals surface area contributed by atoms with Crippen molar-refractivity contribution in [1.29, 1.82) is 5.26 Å². The average molecular weight is 478 g/mol. The Morgan fingerprint density at radius 3 is 2.75 bits per heavy atom. The summed E-state index contributed by atoms with van der Waals surface area (Å²) in [7, 11) is 0. The van der Waals surface area contributed by atoms with Crippen LogP contribution in [-0.4, -0.2) is 41.1 Å². The van der Waals surface area contributed by atoms with E-state index in [0.717, 1.165) is 53.1 Å². The van der Waals surface area contributed by atoms with E-state index in [9.17, 15) is 5.26 Å². The highest BCUT2D eigenvalue weighted by atomic mass is 16.5. The highest BCUT2D eigenvalue weighted by Crippen LogP contribution is 2.33. The molecule has 1 saturated heterocycles. The van der Waals surface area contributed by atoms with Crippen LogP contribution in [0.15, 0.2) is 54.9 Å². The maximum Gasteiger partial charge on any atom is 0.163 e. The molecule has 0 radical (unpaired) electrons. The van der Waals surface area contributed by atoms with Gasteiger partial charge in [0, 0.05) is 23.6 Å². The predicted molar refractivity (Wildman–Crippen MR) is 133 cm³/mol. The van der Waals surface area contributed by atoms with Gasteiger partial charge in [0.25, 0.3) is 0 Å². The first-order chi connectivity index (χ1) is 17.6. The second kappa shape index (κ2) is 8.87. The third kappa shape index (κ3) is 3.95. The summed E-state index contributed by atoms with van der Waals surface area (Å²) < 4.78 is 9.63. The van der Waals surface area contributed by atoms with E-state index in [1.165, 1.54) is 0 Å². The second-order valence-corrected chi connectivity index (χ2v) is 8.78. The van der Waals surface area contributed by atoms with Gasteiger partial charge in [-0.15, -0.1) is 5.10 Å². The number of aryl methyl sites for hydroxylation is 2. The summed E-state index contributed by atoms with van der Waals surface area (Å²) in [5.41, 5.74) is 5.60. The molecule has 1 atom stereocenters. The molecule has 1 unspecified atom stereocenters. The largest absolute Gasteiger partial charge is 0.373 e. The number of hydrogen-bond donors (Lipinski definition) is 1. The van der Waals surface area contributed by atoms with Gasteiger partial charge in [-0.25, -0.2) is 14.6 Å². The Hall–Kier alpha value is -4.62. The Morgan fingerprint density at radius 1 is 1.08 bits per heavy atom. The van der Waals surface area contributed by atoms with Crippen LogP contribution in [0.1, 0.15) is 41.6 Å². The Balaban J connectivity index is 1.40. The van der Waals surface area contributed by atoms with Crippen LogP contribution in [-0.2, 0) is 4.74 Å². The zero-order valence-electron chi connectivity index (χ0n) is 19.9. The van der Waals surface area contributed by atoms with Gasteiger partial charge in [0.1, 0.15) is 18.2 Å². The molecule has 1 aliphatic heterocycles. The standard InChI is InChI=1S/C26H23N9O/c1-16-5-9-24(32-31-16)29-18-6-8-22-21(13-18)28-15-34(22)25-10-7-20(23-4-3-11-36-23)26(30-25)35-17(2)12-19(14-27)33-35/h5-10,12-13,15,23H,3-4,11H2,1-2H3,(H,29,32). The fraction of sp³-hybridized carbons (Fsp3) is 0.231. The molecule has 0 bridgehead atoms. The number of nitriles is 1. The summed E-state index contributed by atoms with van der Waals surface area (Å²) in [5.74, 6) is 2.03. The Morgan fingerprint density at radius 2 is 2.00 bits per heavy atom. The Labute approximate surface area is 207 Å². The van der Waals surface area contributed by atoms with Crippen LogP contribution < -0.4 is 5.32 Å². The van der Waals surface area contributed by atoms with Gasteiger partial charge in [-0.1, -0.05) is 0 Å². The molecule has 0 saturated carbocycles. The van der Waals surface area contributed by atoms with Crippen LogP contribution in [0.3, 0.4) is 0 Å². The quantitative estimate of drug-likeness (QED) is 0.393. The average Bonchev–Trinajstić information content (AvgIpc) is 3.65. The molecule has 10 heteroatoms. The molecule has 0 spiro atoms. The number of hydrogen-bond acceptors (Lipinski definition) is 8. The summed E-state index contributed by atoms with van der Waals surface area (Å²) in [5, 5.41) is 25.3. The molecule has 1 N–H and O–H groups in total. The van der Waals surface area contributed by atoms with Crippen molar-refractivity contribution in [2.45, 2.75) is 32.8 Å². The lowest BCUT2D eigenvalue weighted by Crippen LogP contribution is -2.11. The van der Waals surface area contributed by atoms with Crippen LogP contribution >= 0.6 is 0 Å². The lowest BCUT2D eigenvalue weighted by Gasteiger charge is -2.17. The van der Waals surface area contributed by atoms with Crippen LogP contribution in [0.4, 0.5) is 11.5 Å². The van der Waals surface area contributed by atoms with Crippen LogP contribution in [0.5, 0.6) is 0 Å². The van der Waals surface area contributed by atoms with E-state index in [-0.39, 0.29) is 6.10 Å². The third-order valence-corrected chi connectivity index (χ3v) is 6.23. The van der Waals surface area contributed by atoms with E-state index < -0.39 is 0 Å². The number of ether oxygens (including phenoxy) is 1. The maximum atomic E-state index is 9.36. The van der Waals surface area contributed by atoms with Crippen molar-refractivity contribution in [1.82, 2.24) is 34.5 Å². The van der Waals surface area contributed by atoms with Gasteiger partial charge in [-0.2, -0.15) is 15.5 Å². The predicted octanol–water partition coefficient (Wildman–Crippen LogP) is 4.48. The number of anilines is 2. The van der Waals surface area contributed by atoms with Crippen molar-refractivity contribution in [2.24, 2.45) is 0 Å². The van der Waals surface area contributed by atoms with Crippen molar-refractivity contribution >= 4 is 22.5 Å². The van der Waals surface area contributed by atoms with Crippen molar-refractivity contribution < 1.29 is 4.74 Å². The monoisotopic (exact) mass is 477 g/mol. The van der Waals surface area contributed by atoms with Crippen molar-refractivity contribution in [2.75, 3.05) is 11.9 Å². The number of nitrogens with zero attached hydrogens (tertiary/aromatic N) is 8. The van der Waals surface area contributed by atoms with Gasteiger partial charge in [0.2, 0.25) is 0 Å². The normalized spacial score (nSPS) is 15.3. The molecule has 1 fully saturated rings. The summed E-state index contributed by atoms with van der Waals surface area (Å²) in [6.07, 6.45) is 3.64. The molecular formula is C26H23N9O. The third-order valence-electron chi connectivity index (χ3n) is 6.23. The zero-order valence-corrected chi connectivity index (χ0v) is 19.9.